The summed E-state index contributed by atoms with van der Waals surface area (Å²) in [5.41, 5.74) is -0.901. The molecule has 7 heteroatoms. The molecule has 1 fully saturated rings. The molecule has 1 N–H and O–H groups in total. The fraction of sp³-hybridized carbons (Fsp3) is 0.667. The fourth-order valence-electron chi connectivity index (χ4n) is 0.751. The van der Waals surface area contributed by atoms with Gasteiger partial charge in [-0.2, -0.15) is 0 Å². The van der Waals surface area contributed by atoms with Crippen molar-refractivity contribution in [2.75, 3.05) is 5.75 Å². The molecule has 0 aliphatic carbocycles. The van der Waals surface area contributed by atoms with Gasteiger partial charge in [-0.25, -0.2) is 4.79 Å². The lowest BCUT2D eigenvalue weighted by Crippen LogP contribution is -2.21. The maximum Gasteiger partial charge on any atom is 0.508 e. The normalized spacial score (nSPS) is 26.8. The van der Waals surface area contributed by atoms with Crippen molar-refractivity contribution in [3.63, 3.8) is 0 Å². The van der Waals surface area contributed by atoms with E-state index in [0.29, 0.717) is 5.75 Å². The van der Waals surface area contributed by atoms with E-state index in [9.17, 15) is 9.59 Å². The molecule has 0 unspecified atom stereocenters. The highest BCUT2D eigenvalue weighted by molar-refractivity contribution is 7.99. The van der Waals surface area contributed by atoms with Crippen LogP contribution in [-0.4, -0.2) is 34.9 Å². The van der Waals surface area contributed by atoms with E-state index in [2.05, 4.69) is 9.47 Å². The standard InChI is InChI=1S/C6H8O6S/c1-3(7)10-4-2-13-6(11-4)12-5(8)9/h4,6H,2H2,1H3,(H,8,9)/t4-,6+/m0/s1. The molecule has 0 saturated carbocycles. The summed E-state index contributed by atoms with van der Waals surface area (Å²) in [5.74, 6) is -0.0982. The molecule has 0 aromatic carbocycles. The summed E-state index contributed by atoms with van der Waals surface area (Å²) >= 11 is 1.12. The van der Waals surface area contributed by atoms with E-state index < -0.39 is 24.0 Å². The van der Waals surface area contributed by atoms with E-state index in [1.807, 2.05) is 0 Å². The smallest absolute Gasteiger partial charge is 0.450 e. The van der Waals surface area contributed by atoms with Crippen molar-refractivity contribution in [1.29, 1.82) is 0 Å². The third-order valence-electron chi connectivity index (χ3n) is 1.13. The zero-order valence-electron chi connectivity index (χ0n) is 6.76. The van der Waals surface area contributed by atoms with E-state index in [1.54, 1.807) is 0 Å². The second kappa shape index (κ2) is 4.33. The Labute approximate surface area is 78.1 Å². The van der Waals surface area contributed by atoms with E-state index in [4.69, 9.17) is 9.84 Å². The van der Waals surface area contributed by atoms with Gasteiger partial charge in [0.25, 0.3) is 5.62 Å². The number of thioether (sulfide) groups is 1. The maximum absolute atomic E-state index is 10.5. The summed E-state index contributed by atoms with van der Waals surface area (Å²) < 4.78 is 13.9. The molecular formula is C6H8O6S. The Morgan fingerprint density at radius 2 is 2.23 bits per heavy atom. The lowest BCUT2D eigenvalue weighted by Gasteiger charge is -2.10. The van der Waals surface area contributed by atoms with Gasteiger partial charge < -0.3 is 14.6 Å². The molecule has 74 valence electrons. The monoisotopic (exact) mass is 208 g/mol. The number of carboxylic acid groups (broad SMARTS) is 1. The van der Waals surface area contributed by atoms with Crippen LogP contribution in [-0.2, 0) is 19.0 Å². The SMILES string of the molecule is CC(=O)O[C@@H]1CS[C@@H](OC(=O)O)O1. The Kier molecular flexibility index (Phi) is 3.38. The lowest BCUT2D eigenvalue weighted by atomic mass is 10.7. The maximum atomic E-state index is 10.5. The summed E-state index contributed by atoms with van der Waals surface area (Å²) in [7, 11) is 0. The number of carbonyl (C=O) groups excluding carboxylic acids is 1. The number of esters is 1. The summed E-state index contributed by atoms with van der Waals surface area (Å²) in [5, 5.41) is 8.22. The molecule has 0 bridgehead atoms. The van der Waals surface area contributed by atoms with Gasteiger partial charge >= 0.3 is 12.1 Å². The van der Waals surface area contributed by atoms with Crippen molar-refractivity contribution in [3.8, 4) is 0 Å². The number of carbonyl (C=O) groups is 2. The largest absolute Gasteiger partial charge is 0.508 e. The Morgan fingerprint density at radius 3 is 2.77 bits per heavy atom. The first kappa shape index (κ1) is 10.1. The quantitative estimate of drug-likeness (QED) is 0.666. The number of ether oxygens (including phenoxy) is 3. The number of hydrogen-bond acceptors (Lipinski definition) is 6. The average Bonchev–Trinajstić information content (AvgIpc) is 2.33. The molecule has 0 aromatic heterocycles. The van der Waals surface area contributed by atoms with Gasteiger partial charge in [0.05, 0.1) is 5.75 Å². The lowest BCUT2D eigenvalue weighted by molar-refractivity contribution is -0.188. The van der Waals surface area contributed by atoms with Crippen molar-refractivity contribution in [2.24, 2.45) is 0 Å². The van der Waals surface area contributed by atoms with Gasteiger partial charge in [-0.15, -0.1) is 0 Å². The molecule has 1 saturated heterocycles. The van der Waals surface area contributed by atoms with Gasteiger partial charge in [0.1, 0.15) is 0 Å². The van der Waals surface area contributed by atoms with Gasteiger partial charge in [-0.05, 0) is 0 Å². The van der Waals surface area contributed by atoms with Crippen molar-refractivity contribution in [1.82, 2.24) is 0 Å². The molecule has 1 heterocycles. The minimum absolute atomic E-state index is 0.373. The second-order valence-electron chi connectivity index (χ2n) is 2.18. The van der Waals surface area contributed by atoms with Crippen LogP contribution in [0.4, 0.5) is 4.79 Å². The molecular weight excluding hydrogens is 200 g/mol. The molecule has 0 spiro atoms. The molecule has 2 atom stereocenters. The molecule has 0 radical (unpaired) electrons. The second-order valence-corrected chi connectivity index (χ2v) is 3.23. The van der Waals surface area contributed by atoms with Gasteiger partial charge in [-0.3, -0.25) is 9.53 Å². The molecule has 1 rings (SSSR count). The Bertz CT molecular complexity index is 195. The van der Waals surface area contributed by atoms with Gasteiger partial charge in [0, 0.05) is 6.92 Å². The number of hydrogen-bond donors (Lipinski definition) is 1. The summed E-state index contributed by atoms with van der Waals surface area (Å²) in [6.45, 7) is 1.25. The Hall–Kier alpha value is -0.950. The predicted octanol–water partition coefficient (Wildman–Crippen LogP) is 0.617. The van der Waals surface area contributed by atoms with Crippen molar-refractivity contribution in [3.05, 3.63) is 0 Å². The van der Waals surface area contributed by atoms with E-state index >= 15 is 0 Å². The van der Waals surface area contributed by atoms with Gasteiger partial charge in [0.2, 0.25) is 6.29 Å². The van der Waals surface area contributed by atoms with Crippen LogP contribution in [0.1, 0.15) is 6.92 Å². The predicted molar refractivity (Wildman–Crippen MR) is 42.0 cm³/mol. The highest BCUT2D eigenvalue weighted by Crippen LogP contribution is 2.26. The summed E-state index contributed by atoms with van der Waals surface area (Å²) in [6.07, 6.45) is -2.13. The highest BCUT2D eigenvalue weighted by Gasteiger charge is 2.30. The average molecular weight is 208 g/mol. The third-order valence-corrected chi connectivity index (χ3v) is 2.07. The van der Waals surface area contributed by atoms with Crippen LogP contribution in [0.15, 0.2) is 0 Å². The van der Waals surface area contributed by atoms with Crippen LogP contribution in [0.2, 0.25) is 0 Å². The topological polar surface area (TPSA) is 82.1 Å². The summed E-state index contributed by atoms with van der Waals surface area (Å²) in [6, 6.07) is 0. The summed E-state index contributed by atoms with van der Waals surface area (Å²) in [4.78, 5) is 20.5. The first-order chi connectivity index (χ1) is 6.08. The van der Waals surface area contributed by atoms with E-state index in [1.165, 1.54) is 6.92 Å². The van der Waals surface area contributed by atoms with Crippen LogP contribution in [0, 0.1) is 0 Å². The molecule has 1 aliphatic rings. The minimum atomic E-state index is -1.42. The molecule has 0 amide bonds. The van der Waals surface area contributed by atoms with Crippen LogP contribution >= 0.6 is 11.8 Å². The highest BCUT2D eigenvalue weighted by atomic mass is 32.2. The zero-order valence-corrected chi connectivity index (χ0v) is 7.58. The third kappa shape index (κ3) is 3.51. The van der Waals surface area contributed by atoms with Crippen molar-refractivity contribution >= 4 is 23.9 Å². The van der Waals surface area contributed by atoms with Crippen LogP contribution in [0.25, 0.3) is 0 Å². The van der Waals surface area contributed by atoms with Crippen LogP contribution in [0.5, 0.6) is 0 Å². The minimum Gasteiger partial charge on any atom is -0.450 e. The van der Waals surface area contributed by atoms with Crippen LogP contribution in [0.3, 0.4) is 0 Å². The first-order valence-electron chi connectivity index (χ1n) is 3.42. The number of rotatable bonds is 2. The first-order valence-corrected chi connectivity index (χ1v) is 4.46. The zero-order chi connectivity index (χ0) is 9.84. The Morgan fingerprint density at radius 1 is 1.54 bits per heavy atom. The van der Waals surface area contributed by atoms with Crippen LogP contribution < -0.4 is 0 Å². The Balaban J connectivity index is 2.27. The molecule has 13 heavy (non-hydrogen) atoms. The fourth-order valence-corrected chi connectivity index (χ4v) is 1.56. The van der Waals surface area contributed by atoms with Crippen molar-refractivity contribution in [2.45, 2.75) is 18.8 Å². The van der Waals surface area contributed by atoms with Gasteiger partial charge in [-0.1, -0.05) is 11.8 Å². The molecule has 6 nitrogen and oxygen atoms in total. The van der Waals surface area contributed by atoms with E-state index in [0.717, 1.165) is 11.8 Å². The van der Waals surface area contributed by atoms with Crippen molar-refractivity contribution < 1.29 is 28.9 Å². The van der Waals surface area contributed by atoms with Gasteiger partial charge in [0.15, 0.2) is 0 Å². The van der Waals surface area contributed by atoms with E-state index in [-0.39, 0.29) is 0 Å². The molecule has 1 aliphatic heterocycles. The molecule has 0 aromatic rings.